The molecule has 0 unspecified atom stereocenters. The Morgan fingerprint density at radius 3 is 2.76 bits per heavy atom. The summed E-state index contributed by atoms with van der Waals surface area (Å²) in [7, 11) is 0. The number of hydrogen-bond donors (Lipinski definition) is 1. The quantitative estimate of drug-likeness (QED) is 0.853. The zero-order valence-electron chi connectivity index (χ0n) is 14.2. The molecular formula is C18H21ClN4O2. The molecule has 25 heavy (non-hydrogen) atoms. The summed E-state index contributed by atoms with van der Waals surface area (Å²) in [5, 5.41) is 3.57. The van der Waals surface area contributed by atoms with E-state index in [1.54, 1.807) is 22.9 Å². The van der Waals surface area contributed by atoms with Gasteiger partial charge in [0.1, 0.15) is 11.2 Å². The normalized spacial score (nSPS) is 26.6. The number of aromatic nitrogens is 2. The van der Waals surface area contributed by atoms with E-state index in [2.05, 4.69) is 17.2 Å². The number of hydrogen-bond acceptors (Lipinski definition) is 3. The molecule has 1 aliphatic heterocycles. The van der Waals surface area contributed by atoms with Crippen molar-refractivity contribution in [2.24, 2.45) is 5.92 Å². The molecule has 2 aromatic rings. The van der Waals surface area contributed by atoms with Crippen molar-refractivity contribution < 1.29 is 9.59 Å². The van der Waals surface area contributed by atoms with E-state index in [4.69, 9.17) is 11.6 Å². The second kappa shape index (κ2) is 6.02. The summed E-state index contributed by atoms with van der Waals surface area (Å²) in [6, 6.07) is 3.27. The number of urea groups is 1. The van der Waals surface area contributed by atoms with Crippen LogP contribution in [0.25, 0.3) is 5.65 Å². The lowest BCUT2D eigenvalue weighted by Crippen LogP contribution is -2.49. The maximum atomic E-state index is 12.9. The molecule has 3 heterocycles. The number of carbonyl (C=O) groups excluding carboxylic acids is 2. The molecule has 0 radical (unpaired) electrons. The summed E-state index contributed by atoms with van der Waals surface area (Å²) in [6.07, 6.45) is 8.13. The highest BCUT2D eigenvalue weighted by Crippen LogP contribution is 2.38. The lowest BCUT2D eigenvalue weighted by Gasteiger charge is -2.34. The van der Waals surface area contributed by atoms with Crippen LogP contribution in [-0.2, 0) is 11.3 Å². The molecule has 3 amide bonds. The molecule has 2 aromatic heterocycles. The van der Waals surface area contributed by atoms with Crippen LogP contribution >= 0.6 is 11.6 Å². The number of imide groups is 1. The predicted octanol–water partition coefficient (Wildman–Crippen LogP) is 3.38. The van der Waals surface area contributed by atoms with Crippen LogP contribution in [0.5, 0.6) is 0 Å². The number of halogens is 1. The molecule has 2 fully saturated rings. The van der Waals surface area contributed by atoms with E-state index in [1.165, 1.54) is 4.90 Å². The van der Waals surface area contributed by atoms with Crippen molar-refractivity contribution in [3.63, 3.8) is 0 Å². The van der Waals surface area contributed by atoms with Gasteiger partial charge in [-0.15, -0.1) is 0 Å². The molecule has 1 saturated carbocycles. The smallest absolute Gasteiger partial charge is 0.323 e. The van der Waals surface area contributed by atoms with E-state index < -0.39 is 5.54 Å². The summed E-state index contributed by atoms with van der Waals surface area (Å²) in [5.74, 6) is 0.551. The Labute approximate surface area is 151 Å². The van der Waals surface area contributed by atoms with Gasteiger partial charge in [-0.25, -0.2) is 9.78 Å². The Kier molecular flexibility index (Phi) is 3.95. The van der Waals surface area contributed by atoms with Crippen LogP contribution in [0, 0.1) is 5.92 Å². The van der Waals surface area contributed by atoms with Gasteiger partial charge >= 0.3 is 6.03 Å². The Hall–Kier alpha value is -2.08. The van der Waals surface area contributed by atoms with Crippen LogP contribution in [-0.4, -0.2) is 31.8 Å². The number of fused-ring (bicyclic) bond motifs is 1. The Morgan fingerprint density at radius 1 is 1.28 bits per heavy atom. The highest BCUT2D eigenvalue weighted by Gasteiger charge is 2.52. The van der Waals surface area contributed by atoms with Crippen LogP contribution in [0.2, 0.25) is 5.02 Å². The third kappa shape index (κ3) is 2.78. The van der Waals surface area contributed by atoms with Crippen molar-refractivity contribution in [2.45, 2.75) is 51.1 Å². The number of imidazole rings is 1. The topological polar surface area (TPSA) is 66.7 Å². The summed E-state index contributed by atoms with van der Waals surface area (Å²) in [5.41, 5.74) is 0.709. The number of rotatable bonds is 3. The molecule has 132 valence electrons. The first kappa shape index (κ1) is 16.4. The zero-order valence-corrected chi connectivity index (χ0v) is 14.9. The maximum absolute atomic E-state index is 12.9. The van der Waals surface area contributed by atoms with E-state index in [1.807, 2.05) is 6.07 Å². The molecule has 0 aromatic carbocycles. The molecule has 4 rings (SSSR count). The second-order valence-electron chi connectivity index (χ2n) is 7.10. The van der Waals surface area contributed by atoms with Gasteiger partial charge in [0.2, 0.25) is 0 Å². The van der Waals surface area contributed by atoms with Crippen LogP contribution < -0.4 is 5.32 Å². The minimum Gasteiger partial charge on any atom is -0.323 e. The molecule has 0 bridgehead atoms. The minimum atomic E-state index is -0.703. The van der Waals surface area contributed by atoms with Crippen molar-refractivity contribution >= 4 is 29.2 Å². The molecular weight excluding hydrogens is 340 g/mol. The Bertz CT molecular complexity index is 839. The van der Waals surface area contributed by atoms with Crippen molar-refractivity contribution in [1.82, 2.24) is 19.6 Å². The first-order chi connectivity index (χ1) is 12.0. The highest BCUT2D eigenvalue weighted by atomic mass is 35.5. The van der Waals surface area contributed by atoms with Crippen molar-refractivity contribution in [1.29, 1.82) is 0 Å². The fourth-order valence-corrected chi connectivity index (χ4v) is 4.16. The maximum Gasteiger partial charge on any atom is 0.325 e. The average molecular weight is 361 g/mol. The standard InChI is InChI=1S/C18H21ClN4O2/c1-2-12-5-7-18(8-6-12)16(24)23(17(25)21-18)11-14-10-22-9-13(19)3-4-15(22)20-14/h3-4,9-10,12H,2,5-8,11H2,1H3,(H,21,25). The zero-order chi connectivity index (χ0) is 17.6. The van der Waals surface area contributed by atoms with Gasteiger partial charge in [-0.2, -0.15) is 0 Å². The Balaban J connectivity index is 1.54. The molecule has 6 nitrogen and oxygen atoms in total. The lowest BCUT2D eigenvalue weighted by molar-refractivity contribution is -0.133. The highest BCUT2D eigenvalue weighted by molar-refractivity contribution is 6.30. The number of nitrogens with one attached hydrogen (secondary N) is 1. The van der Waals surface area contributed by atoms with Crippen LogP contribution in [0.4, 0.5) is 4.79 Å². The summed E-state index contributed by atoms with van der Waals surface area (Å²) >= 11 is 5.99. The summed E-state index contributed by atoms with van der Waals surface area (Å²) in [6.45, 7) is 2.36. The van der Waals surface area contributed by atoms with Gasteiger partial charge in [0.05, 0.1) is 17.3 Å². The SMILES string of the molecule is CCC1CCC2(CC1)NC(=O)N(Cc1cn3cc(Cl)ccc3n1)C2=O. The molecule has 1 N–H and O–H groups in total. The lowest BCUT2D eigenvalue weighted by atomic mass is 9.75. The third-order valence-corrected chi connectivity index (χ3v) is 5.79. The van der Waals surface area contributed by atoms with Crippen LogP contribution in [0.1, 0.15) is 44.7 Å². The van der Waals surface area contributed by atoms with Gasteiger partial charge in [-0.1, -0.05) is 24.9 Å². The monoisotopic (exact) mass is 360 g/mol. The summed E-state index contributed by atoms with van der Waals surface area (Å²) < 4.78 is 1.80. The molecule has 1 aliphatic carbocycles. The fourth-order valence-electron chi connectivity index (χ4n) is 3.99. The molecule has 1 saturated heterocycles. The van der Waals surface area contributed by atoms with Crippen LogP contribution in [0.15, 0.2) is 24.5 Å². The average Bonchev–Trinajstić information content (AvgIpc) is 3.09. The predicted molar refractivity (Wildman–Crippen MR) is 94.3 cm³/mol. The van der Waals surface area contributed by atoms with Gasteiger partial charge in [0.15, 0.2) is 0 Å². The minimum absolute atomic E-state index is 0.109. The van der Waals surface area contributed by atoms with Gasteiger partial charge in [-0.3, -0.25) is 9.69 Å². The van der Waals surface area contributed by atoms with Gasteiger partial charge < -0.3 is 9.72 Å². The van der Waals surface area contributed by atoms with Gasteiger partial charge in [0, 0.05) is 12.4 Å². The van der Waals surface area contributed by atoms with Crippen molar-refractivity contribution in [3.8, 4) is 0 Å². The molecule has 7 heteroatoms. The van der Waals surface area contributed by atoms with E-state index >= 15 is 0 Å². The largest absolute Gasteiger partial charge is 0.325 e. The fraction of sp³-hybridized carbons (Fsp3) is 0.500. The molecule has 2 aliphatic rings. The number of carbonyl (C=O) groups is 2. The van der Waals surface area contributed by atoms with E-state index in [-0.39, 0.29) is 18.5 Å². The molecule has 1 spiro atoms. The van der Waals surface area contributed by atoms with Crippen molar-refractivity contribution in [3.05, 3.63) is 35.2 Å². The first-order valence-corrected chi connectivity index (χ1v) is 9.16. The Morgan fingerprint density at radius 2 is 2.04 bits per heavy atom. The third-order valence-electron chi connectivity index (χ3n) is 5.57. The van der Waals surface area contributed by atoms with Crippen molar-refractivity contribution in [2.75, 3.05) is 0 Å². The number of nitrogens with zero attached hydrogens (tertiary/aromatic N) is 3. The van der Waals surface area contributed by atoms with Gasteiger partial charge in [-0.05, 0) is 43.7 Å². The van der Waals surface area contributed by atoms with E-state index in [0.29, 0.717) is 16.6 Å². The second-order valence-corrected chi connectivity index (χ2v) is 7.54. The van der Waals surface area contributed by atoms with Crippen LogP contribution in [0.3, 0.4) is 0 Å². The molecule has 0 atom stereocenters. The van der Waals surface area contributed by atoms with E-state index in [9.17, 15) is 9.59 Å². The van der Waals surface area contributed by atoms with Gasteiger partial charge in [0.25, 0.3) is 5.91 Å². The number of amides is 3. The number of pyridine rings is 1. The van der Waals surface area contributed by atoms with E-state index in [0.717, 1.165) is 37.8 Å². The first-order valence-electron chi connectivity index (χ1n) is 8.78. The summed E-state index contributed by atoms with van der Waals surface area (Å²) in [4.78, 5) is 31.1.